The number of nitrogens with zero attached hydrogens (tertiary/aromatic N) is 3. The molecule has 2 aromatic carbocycles. The van der Waals surface area contributed by atoms with E-state index in [1.165, 1.54) is 4.31 Å². The van der Waals surface area contributed by atoms with Crippen molar-refractivity contribution < 1.29 is 13.2 Å². The normalized spacial score (nSPS) is 15.5. The topological polar surface area (TPSA) is 81.5 Å². The fourth-order valence-electron chi connectivity index (χ4n) is 3.02. The van der Waals surface area contributed by atoms with E-state index in [9.17, 15) is 13.2 Å². The fraction of sp³-hybridized carbons (Fsp3) is 0.263. The van der Waals surface area contributed by atoms with Crippen molar-refractivity contribution in [3.05, 3.63) is 65.2 Å². The molecule has 0 aromatic heterocycles. The van der Waals surface area contributed by atoms with E-state index >= 15 is 0 Å². The van der Waals surface area contributed by atoms with Gasteiger partial charge >= 0.3 is 0 Å². The number of carbonyl (C=O) groups excluding carboxylic acids is 1. The Bertz CT molecular complexity index is 972. The Kier molecular flexibility index (Phi) is 5.07. The number of piperazine rings is 1. The molecule has 0 unspecified atom stereocenters. The molecule has 1 saturated heterocycles. The van der Waals surface area contributed by atoms with Gasteiger partial charge in [-0.3, -0.25) is 4.79 Å². The van der Waals surface area contributed by atoms with Gasteiger partial charge in [-0.2, -0.15) is 9.57 Å². The summed E-state index contributed by atoms with van der Waals surface area (Å²) in [5.74, 6) is -0.185. The van der Waals surface area contributed by atoms with E-state index < -0.39 is 10.0 Å². The minimum atomic E-state index is -3.56. The number of rotatable bonds is 3. The molecular formula is C19H19N3O3S. The number of hydrogen-bond acceptors (Lipinski definition) is 4. The van der Waals surface area contributed by atoms with Gasteiger partial charge in [-0.15, -0.1) is 0 Å². The van der Waals surface area contributed by atoms with Crippen LogP contribution in [0.1, 0.15) is 21.5 Å². The molecule has 0 N–H and O–H groups in total. The van der Waals surface area contributed by atoms with Gasteiger partial charge in [0.2, 0.25) is 10.0 Å². The van der Waals surface area contributed by atoms with Crippen molar-refractivity contribution in [3.8, 4) is 6.07 Å². The first-order valence-electron chi connectivity index (χ1n) is 8.28. The van der Waals surface area contributed by atoms with E-state index in [1.54, 1.807) is 60.4 Å². The van der Waals surface area contributed by atoms with Crippen LogP contribution in [0.4, 0.5) is 0 Å². The Morgan fingerprint density at radius 1 is 1.04 bits per heavy atom. The number of hydrogen-bond donors (Lipinski definition) is 0. The smallest absolute Gasteiger partial charge is 0.253 e. The maximum absolute atomic E-state index is 12.8. The predicted molar refractivity (Wildman–Crippen MR) is 97.0 cm³/mol. The average Bonchev–Trinajstić information content (AvgIpc) is 2.67. The molecule has 1 fully saturated rings. The van der Waals surface area contributed by atoms with Gasteiger partial charge in [0.25, 0.3) is 5.91 Å². The van der Waals surface area contributed by atoms with Crippen molar-refractivity contribution >= 4 is 15.9 Å². The lowest BCUT2D eigenvalue weighted by molar-refractivity contribution is 0.0698. The molecule has 1 aliphatic rings. The Balaban J connectivity index is 1.72. The molecule has 0 saturated carbocycles. The molecule has 2 aromatic rings. The molecule has 1 heterocycles. The van der Waals surface area contributed by atoms with E-state index in [4.69, 9.17) is 5.26 Å². The Hall–Kier alpha value is -2.69. The molecule has 0 radical (unpaired) electrons. The zero-order chi connectivity index (χ0) is 18.7. The SMILES string of the molecule is Cc1ccccc1S(=O)(=O)N1CCN(C(=O)c2cccc(C#N)c2)CC1. The first-order valence-corrected chi connectivity index (χ1v) is 9.73. The highest BCUT2D eigenvalue weighted by atomic mass is 32.2. The monoisotopic (exact) mass is 369 g/mol. The predicted octanol–water partition coefficient (Wildman–Crippen LogP) is 2.01. The summed E-state index contributed by atoms with van der Waals surface area (Å²) in [5.41, 5.74) is 1.58. The summed E-state index contributed by atoms with van der Waals surface area (Å²) < 4.78 is 27.1. The zero-order valence-electron chi connectivity index (χ0n) is 14.4. The van der Waals surface area contributed by atoms with E-state index in [0.29, 0.717) is 34.7 Å². The summed E-state index contributed by atoms with van der Waals surface area (Å²) in [6.07, 6.45) is 0. The Morgan fingerprint density at radius 3 is 2.38 bits per heavy atom. The van der Waals surface area contributed by atoms with Crippen molar-refractivity contribution in [2.45, 2.75) is 11.8 Å². The lowest BCUT2D eigenvalue weighted by Crippen LogP contribution is -2.50. The van der Waals surface area contributed by atoms with Crippen molar-refractivity contribution in [1.82, 2.24) is 9.21 Å². The Labute approximate surface area is 153 Å². The largest absolute Gasteiger partial charge is 0.336 e. The van der Waals surface area contributed by atoms with E-state index in [1.807, 2.05) is 6.07 Å². The maximum atomic E-state index is 12.8. The number of amides is 1. The van der Waals surface area contributed by atoms with Gasteiger partial charge in [-0.05, 0) is 36.8 Å². The molecule has 0 bridgehead atoms. The highest BCUT2D eigenvalue weighted by molar-refractivity contribution is 7.89. The minimum Gasteiger partial charge on any atom is -0.336 e. The van der Waals surface area contributed by atoms with Crippen LogP contribution >= 0.6 is 0 Å². The minimum absolute atomic E-state index is 0.185. The molecule has 3 rings (SSSR count). The molecule has 0 atom stereocenters. The van der Waals surface area contributed by atoms with Crippen LogP contribution in [0.25, 0.3) is 0 Å². The Morgan fingerprint density at radius 2 is 1.73 bits per heavy atom. The second-order valence-electron chi connectivity index (χ2n) is 6.15. The highest BCUT2D eigenvalue weighted by Gasteiger charge is 2.31. The average molecular weight is 369 g/mol. The molecule has 134 valence electrons. The maximum Gasteiger partial charge on any atom is 0.253 e. The lowest BCUT2D eigenvalue weighted by atomic mass is 10.1. The second kappa shape index (κ2) is 7.28. The van der Waals surface area contributed by atoms with Gasteiger partial charge in [0.05, 0.1) is 16.5 Å². The van der Waals surface area contributed by atoms with Gasteiger partial charge < -0.3 is 4.90 Å². The highest BCUT2D eigenvalue weighted by Crippen LogP contribution is 2.21. The summed E-state index contributed by atoms with van der Waals surface area (Å²) in [6.45, 7) is 2.91. The summed E-state index contributed by atoms with van der Waals surface area (Å²) in [7, 11) is -3.56. The first-order chi connectivity index (χ1) is 12.4. The molecule has 1 aliphatic heterocycles. The van der Waals surface area contributed by atoms with Crippen LogP contribution in [0.2, 0.25) is 0 Å². The molecule has 7 heteroatoms. The molecule has 6 nitrogen and oxygen atoms in total. The third-order valence-corrected chi connectivity index (χ3v) is 6.53. The third-order valence-electron chi connectivity index (χ3n) is 4.48. The first kappa shape index (κ1) is 18.1. The van der Waals surface area contributed by atoms with Gasteiger partial charge in [0, 0.05) is 31.7 Å². The molecule has 26 heavy (non-hydrogen) atoms. The fourth-order valence-corrected chi connectivity index (χ4v) is 4.67. The molecule has 1 amide bonds. The third kappa shape index (κ3) is 3.47. The van der Waals surface area contributed by atoms with Crippen molar-refractivity contribution in [2.24, 2.45) is 0 Å². The molecular weight excluding hydrogens is 350 g/mol. The quantitative estimate of drug-likeness (QED) is 0.829. The van der Waals surface area contributed by atoms with E-state index in [2.05, 4.69) is 0 Å². The van der Waals surface area contributed by atoms with E-state index in [-0.39, 0.29) is 19.0 Å². The summed E-state index contributed by atoms with van der Waals surface area (Å²) in [5, 5.41) is 8.96. The number of carbonyl (C=O) groups is 1. The van der Waals surface area contributed by atoms with Crippen molar-refractivity contribution in [3.63, 3.8) is 0 Å². The van der Waals surface area contributed by atoms with Crippen LogP contribution in [-0.2, 0) is 10.0 Å². The van der Waals surface area contributed by atoms with Crippen LogP contribution in [-0.4, -0.2) is 49.7 Å². The van der Waals surface area contributed by atoms with Gasteiger partial charge in [-0.25, -0.2) is 8.42 Å². The van der Waals surface area contributed by atoms with Crippen LogP contribution in [0, 0.1) is 18.3 Å². The van der Waals surface area contributed by atoms with Crippen LogP contribution in [0.3, 0.4) is 0 Å². The zero-order valence-corrected chi connectivity index (χ0v) is 15.2. The summed E-state index contributed by atoms with van der Waals surface area (Å²) in [4.78, 5) is 14.5. The number of nitriles is 1. The molecule has 0 aliphatic carbocycles. The number of sulfonamides is 1. The van der Waals surface area contributed by atoms with Crippen LogP contribution in [0.15, 0.2) is 53.4 Å². The van der Waals surface area contributed by atoms with Crippen LogP contribution in [0.5, 0.6) is 0 Å². The number of benzene rings is 2. The number of aryl methyl sites for hydroxylation is 1. The van der Waals surface area contributed by atoms with Crippen molar-refractivity contribution in [2.75, 3.05) is 26.2 Å². The standard InChI is InChI=1S/C19H19N3O3S/c1-15-5-2-3-8-18(15)26(24,25)22-11-9-21(10-12-22)19(23)17-7-4-6-16(13-17)14-20/h2-8,13H,9-12H2,1H3. The van der Waals surface area contributed by atoms with Crippen LogP contribution < -0.4 is 0 Å². The van der Waals surface area contributed by atoms with Gasteiger partial charge in [0.15, 0.2) is 0 Å². The lowest BCUT2D eigenvalue weighted by Gasteiger charge is -2.34. The van der Waals surface area contributed by atoms with E-state index in [0.717, 1.165) is 0 Å². The van der Waals surface area contributed by atoms with Gasteiger partial charge in [0.1, 0.15) is 0 Å². The summed E-state index contributed by atoms with van der Waals surface area (Å²) in [6, 6.07) is 15.4. The second-order valence-corrected chi connectivity index (χ2v) is 8.06. The molecule has 0 spiro atoms. The van der Waals surface area contributed by atoms with Crippen molar-refractivity contribution in [1.29, 1.82) is 5.26 Å². The summed E-state index contributed by atoms with van der Waals surface area (Å²) >= 11 is 0. The van der Waals surface area contributed by atoms with Gasteiger partial charge in [-0.1, -0.05) is 24.3 Å².